The van der Waals surface area contributed by atoms with Gasteiger partial charge in [-0.05, 0) is 54.1 Å². The van der Waals surface area contributed by atoms with Crippen LogP contribution in [0.1, 0.15) is 22.8 Å². The molecule has 0 saturated heterocycles. The van der Waals surface area contributed by atoms with Crippen LogP contribution in [0.3, 0.4) is 0 Å². The number of nitrogen functional groups attached to an aromatic ring is 3. The number of hydrazine groups is 4. The summed E-state index contributed by atoms with van der Waals surface area (Å²) >= 11 is 0. The summed E-state index contributed by atoms with van der Waals surface area (Å²) in [4.78, 5) is 13.0. The van der Waals surface area contributed by atoms with Crippen molar-refractivity contribution < 1.29 is 19.5 Å². The number of hydrogen-bond acceptors (Lipinski definition) is 10. The molecule has 13 N–H and O–H groups in total. The van der Waals surface area contributed by atoms with Gasteiger partial charge < -0.3 is 21.3 Å². The minimum Gasteiger partial charge on any atom is -0.355 e. The minimum atomic E-state index is 0. The molecule has 13 heteroatoms. The van der Waals surface area contributed by atoms with E-state index in [9.17, 15) is 0 Å². The molecule has 0 unspecified atom stereocenters. The molecule has 0 atom stereocenters. The molecule has 0 spiro atoms. The van der Waals surface area contributed by atoms with E-state index in [1.54, 1.807) is 4.68 Å². The summed E-state index contributed by atoms with van der Waals surface area (Å²) < 4.78 is 1.67. The normalized spacial score (nSPS) is 11.9. The van der Waals surface area contributed by atoms with Crippen LogP contribution in [-0.4, -0.2) is 19.6 Å². The molecule has 0 saturated carbocycles. The van der Waals surface area contributed by atoms with Crippen molar-refractivity contribution in [1.82, 2.24) is 25.1 Å². The van der Waals surface area contributed by atoms with Crippen LogP contribution in [0.15, 0.2) is 60.7 Å². The molecule has 4 aromatic rings. The molecule has 8 bridgehead atoms. The van der Waals surface area contributed by atoms with E-state index < -0.39 is 0 Å². The fourth-order valence-corrected chi connectivity index (χ4v) is 4.81. The molecule has 39 heavy (non-hydrogen) atoms. The Morgan fingerprint density at radius 1 is 0.718 bits per heavy atom. The van der Waals surface area contributed by atoms with Crippen LogP contribution in [0.25, 0.3) is 57.1 Å². The Bertz CT molecular complexity index is 1770. The number of fused-ring (bicyclic) bond motifs is 8. The Balaban J connectivity index is 0.00000308. The van der Waals surface area contributed by atoms with Gasteiger partial charge in [0, 0.05) is 36.1 Å². The second-order valence-electron chi connectivity index (χ2n) is 8.66. The van der Waals surface area contributed by atoms with E-state index in [0.717, 1.165) is 33.5 Å². The molecule has 3 aromatic heterocycles. The zero-order chi connectivity index (χ0) is 26.2. The largest absolute Gasteiger partial charge is 0.355 e. The molecule has 6 rings (SSSR count). The molecule has 5 heterocycles. The summed E-state index contributed by atoms with van der Waals surface area (Å²) in [5.41, 5.74) is 20.0. The Hall–Kier alpha value is -4.52. The number of aromatic nitrogens is 4. The van der Waals surface area contributed by atoms with E-state index in [1.165, 1.54) is 0 Å². The van der Waals surface area contributed by atoms with E-state index in [-0.39, 0.29) is 19.5 Å². The number of rotatable bonds is 5. The number of nitrogens with zero attached hydrogens (tertiary/aromatic N) is 3. The van der Waals surface area contributed by atoms with Crippen LogP contribution in [0.4, 0.5) is 11.4 Å². The van der Waals surface area contributed by atoms with Crippen molar-refractivity contribution >= 4 is 57.4 Å². The maximum absolute atomic E-state index is 6.15. The SMILES string of the molecule is NNC1=Cc2cc3ccc(cc4nc(cc5c(-c6ccccc6)c(NN)c(c(NN)c1n2)n5NN)C=C4)[nH]3.[Zn]. The van der Waals surface area contributed by atoms with Crippen molar-refractivity contribution in [2.45, 2.75) is 0 Å². The summed E-state index contributed by atoms with van der Waals surface area (Å²) in [7, 11) is 0. The Labute approximate surface area is 235 Å². The van der Waals surface area contributed by atoms with Gasteiger partial charge in [0.2, 0.25) is 0 Å². The summed E-state index contributed by atoms with van der Waals surface area (Å²) in [6, 6.07) is 19.5. The van der Waals surface area contributed by atoms with Crippen LogP contribution >= 0.6 is 0 Å². The molecule has 2 aliphatic heterocycles. The second kappa shape index (κ2) is 10.7. The number of anilines is 2. The molecular weight excluding hydrogens is 546 g/mol. The number of nitrogens with one attached hydrogen (secondary N) is 5. The van der Waals surface area contributed by atoms with Gasteiger partial charge in [-0.25, -0.2) is 20.5 Å². The first-order valence-corrected chi connectivity index (χ1v) is 11.8. The Morgan fingerprint density at radius 3 is 2.03 bits per heavy atom. The van der Waals surface area contributed by atoms with Crippen molar-refractivity contribution in [2.24, 2.45) is 23.4 Å². The predicted octanol–water partition coefficient (Wildman–Crippen LogP) is 2.57. The number of nitrogens with two attached hydrogens (primary N) is 4. The molecule has 0 radical (unpaired) electrons. The van der Waals surface area contributed by atoms with Crippen LogP contribution in [0.2, 0.25) is 0 Å². The van der Waals surface area contributed by atoms with Gasteiger partial charge >= 0.3 is 0 Å². The molecular formula is C26H26N12Zn. The first-order chi connectivity index (χ1) is 18.6. The first-order valence-electron chi connectivity index (χ1n) is 11.8. The van der Waals surface area contributed by atoms with E-state index in [0.29, 0.717) is 39.5 Å². The average molecular weight is 572 g/mol. The summed E-state index contributed by atoms with van der Waals surface area (Å²) in [6.45, 7) is 0. The van der Waals surface area contributed by atoms with E-state index in [2.05, 4.69) is 26.8 Å². The van der Waals surface area contributed by atoms with Crippen molar-refractivity contribution in [2.75, 3.05) is 16.4 Å². The van der Waals surface area contributed by atoms with Gasteiger partial charge in [0.15, 0.2) is 0 Å². The summed E-state index contributed by atoms with van der Waals surface area (Å²) in [5, 5.41) is 0. The van der Waals surface area contributed by atoms with Gasteiger partial charge in [0.1, 0.15) is 16.9 Å². The molecule has 12 nitrogen and oxygen atoms in total. The number of aromatic amines is 1. The van der Waals surface area contributed by atoms with Crippen LogP contribution in [0, 0.1) is 0 Å². The quantitative estimate of drug-likeness (QED) is 0.0858. The molecule has 0 fully saturated rings. The van der Waals surface area contributed by atoms with E-state index in [4.69, 9.17) is 33.3 Å². The standard InChI is InChI=1S/C26H26N12.Zn/c27-34-20-12-19-11-17-7-6-15(31-17)10-16-8-9-18(32-16)13-21-22(14-4-2-1-3-5-14)24(35-28)26(38(21)37-30)25(36-29)23(20)33-19;/h1-13,31,34-37H,27-30H2;. The fourth-order valence-electron chi connectivity index (χ4n) is 4.81. The van der Waals surface area contributed by atoms with Gasteiger partial charge in [0.05, 0.1) is 34.0 Å². The van der Waals surface area contributed by atoms with Gasteiger partial charge in [-0.2, -0.15) is 0 Å². The minimum absolute atomic E-state index is 0. The molecule has 1 aromatic carbocycles. The molecule has 192 valence electrons. The molecule has 0 aliphatic carbocycles. The third-order valence-electron chi connectivity index (χ3n) is 6.41. The van der Waals surface area contributed by atoms with Crippen molar-refractivity contribution in [3.8, 4) is 11.1 Å². The average Bonchev–Trinajstić information content (AvgIpc) is 3.72. The number of hydrogen-bond donors (Lipinski definition) is 9. The van der Waals surface area contributed by atoms with E-state index >= 15 is 0 Å². The van der Waals surface area contributed by atoms with Gasteiger partial charge in [-0.1, -0.05) is 30.3 Å². The monoisotopic (exact) mass is 570 g/mol. The molecule has 2 aliphatic rings. The van der Waals surface area contributed by atoms with Gasteiger partial charge in [-0.15, -0.1) is 0 Å². The Morgan fingerprint density at radius 2 is 1.38 bits per heavy atom. The second-order valence-corrected chi connectivity index (χ2v) is 8.66. The number of H-pyrrole nitrogens is 1. The van der Waals surface area contributed by atoms with Crippen molar-refractivity contribution in [3.05, 3.63) is 83.4 Å². The van der Waals surface area contributed by atoms with Crippen molar-refractivity contribution in [3.63, 3.8) is 0 Å². The van der Waals surface area contributed by atoms with Gasteiger partial charge in [-0.3, -0.25) is 23.1 Å². The maximum atomic E-state index is 6.15. The maximum Gasteiger partial charge on any atom is 0.116 e. The van der Waals surface area contributed by atoms with Crippen LogP contribution < -0.4 is 45.2 Å². The van der Waals surface area contributed by atoms with Crippen molar-refractivity contribution in [1.29, 1.82) is 0 Å². The third kappa shape index (κ3) is 4.54. The number of benzene rings is 1. The van der Waals surface area contributed by atoms with E-state index in [1.807, 2.05) is 78.9 Å². The first kappa shape index (κ1) is 26.1. The zero-order valence-corrected chi connectivity index (χ0v) is 23.8. The van der Waals surface area contributed by atoms with Crippen LogP contribution in [-0.2, 0) is 19.5 Å². The third-order valence-corrected chi connectivity index (χ3v) is 6.41. The smallest absolute Gasteiger partial charge is 0.116 e. The topological polar surface area (TPSA) is 199 Å². The predicted molar refractivity (Wildman–Crippen MR) is 153 cm³/mol. The van der Waals surface area contributed by atoms with Crippen LogP contribution in [0.5, 0.6) is 0 Å². The summed E-state index contributed by atoms with van der Waals surface area (Å²) in [6.07, 6.45) is 5.71. The zero-order valence-electron chi connectivity index (χ0n) is 20.9. The Kier molecular flexibility index (Phi) is 7.16. The molecule has 0 amide bonds. The summed E-state index contributed by atoms with van der Waals surface area (Å²) in [5.74, 6) is 24.3. The fraction of sp³-hybridized carbons (Fsp3) is 0. The van der Waals surface area contributed by atoms with Gasteiger partial charge in [0.25, 0.3) is 0 Å².